The summed E-state index contributed by atoms with van der Waals surface area (Å²) in [5.41, 5.74) is 2.50. The number of rotatable bonds is 6. The smallest absolute Gasteiger partial charge is 0.254 e. The Bertz CT molecular complexity index is 896. The van der Waals surface area contributed by atoms with E-state index in [-0.39, 0.29) is 5.91 Å². The lowest BCUT2D eigenvalue weighted by Gasteiger charge is -2.17. The van der Waals surface area contributed by atoms with Crippen LogP contribution in [0.5, 0.6) is 0 Å². The van der Waals surface area contributed by atoms with E-state index in [0.717, 1.165) is 33.4 Å². The molecule has 1 amide bonds. The highest BCUT2D eigenvalue weighted by atomic mass is 127. The van der Waals surface area contributed by atoms with E-state index in [0.29, 0.717) is 17.1 Å². The first-order chi connectivity index (χ1) is 12.5. The fourth-order valence-corrected chi connectivity index (χ4v) is 3.37. The monoisotopic (exact) mass is 480 g/mol. The number of benzene rings is 2. The molecule has 6 heteroatoms. The van der Waals surface area contributed by atoms with Gasteiger partial charge in [-0.05, 0) is 47.2 Å². The van der Waals surface area contributed by atoms with Gasteiger partial charge in [-0.15, -0.1) is 0 Å². The fraction of sp³-hybridized carbons (Fsp3) is 0.200. The molecule has 1 heterocycles. The van der Waals surface area contributed by atoms with Gasteiger partial charge in [0.1, 0.15) is 11.5 Å². The summed E-state index contributed by atoms with van der Waals surface area (Å²) in [6, 6.07) is 17.2. The minimum Gasteiger partial charge on any atom is -0.361 e. The molecule has 4 nitrogen and oxygen atoms in total. The first kappa shape index (κ1) is 18.9. The van der Waals surface area contributed by atoms with Gasteiger partial charge in [-0.25, -0.2) is 0 Å². The van der Waals surface area contributed by atoms with Crippen LogP contribution in [-0.4, -0.2) is 29.6 Å². The summed E-state index contributed by atoms with van der Waals surface area (Å²) in [4.78, 5) is 14.3. The molecule has 0 atom stereocenters. The molecule has 1 aromatic heterocycles. The van der Waals surface area contributed by atoms with Crippen LogP contribution < -0.4 is 0 Å². The average molecular weight is 481 g/mol. The van der Waals surface area contributed by atoms with Gasteiger partial charge in [0.25, 0.3) is 5.91 Å². The number of carbonyl (C=O) groups is 1. The Morgan fingerprint density at radius 3 is 2.73 bits per heavy atom. The third-order valence-electron chi connectivity index (χ3n) is 4.05. The van der Waals surface area contributed by atoms with Crippen molar-refractivity contribution in [1.82, 2.24) is 10.1 Å². The SMILES string of the molecule is CN(CCCc1cc(-c2ccccc2)no1)C(=O)c1cc(Cl)ccc1I. The van der Waals surface area contributed by atoms with Crippen molar-refractivity contribution in [2.24, 2.45) is 0 Å². The summed E-state index contributed by atoms with van der Waals surface area (Å²) in [7, 11) is 1.80. The molecule has 0 N–H and O–H groups in total. The van der Waals surface area contributed by atoms with Gasteiger partial charge in [0.05, 0.1) is 5.56 Å². The average Bonchev–Trinajstić information content (AvgIpc) is 3.12. The van der Waals surface area contributed by atoms with Crippen molar-refractivity contribution in [3.05, 3.63) is 74.5 Å². The lowest BCUT2D eigenvalue weighted by atomic mass is 10.1. The quantitative estimate of drug-likeness (QED) is 0.450. The molecule has 0 unspecified atom stereocenters. The Morgan fingerprint density at radius 2 is 1.96 bits per heavy atom. The van der Waals surface area contributed by atoms with Gasteiger partial charge >= 0.3 is 0 Å². The second kappa shape index (κ2) is 8.68. The van der Waals surface area contributed by atoms with Crippen LogP contribution in [0, 0.1) is 3.57 Å². The highest BCUT2D eigenvalue weighted by Crippen LogP contribution is 2.21. The predicted molar refractivity (Wildman–Crippen MR) is 111 cm³/mol. The van der Waals surface area contributed by atoms with Gasteiger partial charge < -0.3 is 9.42 Å². The Morgan fingerprint density at radius 1 is 1.19 bits per heavy atom. The van der Waals surface area contributed by atoms with E-state index in [9.17, 15) is 4.79 Å². The summed E-state index contributed by atoms with van der Waals surface area (Å²) < 4.78 is 6.30. The van der Waals surface area contributed by atoms with Gasteiger partial charge in [0.2, 0.25) is 0 Å². The summed E-state index contributed by atoms with van der Waals surface area (Å²) in [5, 5.41) is 4.68. The molecule has 0 saturated heterocycles. The van der Waals surface area contributed by atoms with Crippen molar-refractivity contribution in [2.45, 2.75) is 12.8 Å². The normalized spacial score (nSPS) is 10.7. The van der Waals surface area contributed by atoms with Gasteiger partial charge in [-0.2, -0.15) is 0 Å². The summed E-state index contributed by atoms with van der Waals surface area (Å²) >= 11 is 8.16. The van der Waals surface area contributed by atoms with Crippen molar-refractivity contribution in [3.8, 4) is 11.3 Å². The molecule has 0 bridgehead atoms. The lowest BCUT2D eigenvalue weighted by Crippen LogP contribution is -2.28. The number of aryl methyl sites for hydroxylation is 1. The van der Waals surface area contributed by atoms with Gasteiger partial charge in [0, 0.05) is 40.2 Å². The minimum absolute atomic E-state index is 0.0283. The third kappa shape index (κ3) is 4.65. The Labute approximate surface area is 171 Å². The molecular formula is C20H18ClIN2O2. The molecule has 0 aliphatic rings. The minimum atomic E-state index is -0.0283. The molecule has 3 aromatic rings. The molecule has 26 heavy (non-hydrogen) atoms. The van der Waals surface area contributed by atoms with Crippen LogP contribution in [0.2, 0.25) is 5.02 Å². The second-order valence-corrected chi connectivity index (χ2v) is 7.60. The standard InChI is InChI=1S/C20H18ClIN2O2/c1-24(20(25)17-12-15(21)9-10-18(17)22)11-5-8-16-13-19(23-26-16)14-6-3-2-4-7-14/h2-4,6-7,9-10,12-13H,5,8,11H2,1H3. The topological polar surface area (TPSA) is 46.3 Å². The molecule has 3 rings (SSSR count). The van der Waals surface area contributed by atoms with Crippen molar-refractivity contribution in [1.29, 1.82) is 0 Å². The van der Waals surface area contributed by atoms with E-state index in [1.54, 1.807) is 24.1 Å². The van der Waals surface area contributed by atoms with E-state index in [4.69, 9.17) is 16.1 Å². The number of hydrogen-bond acceptors (Lipinski definition) is 3. The molecule has 0 aliphatic heterocycles. The molecule has 0 spiro atoms. The number of carbonyl (C=O) groups excluding carboxylic acids is 1. The number of hydrogen-bond donors (Lipinski definition) is 0. The second-order valence-electron chi connectivity index (χ2n) is 6.00. The van der Waals surface area contributed by atoms with E-state index in [2.05, 4.69) is 27.7 Å². The maximum Gasteiger partial charge on any atom is 0.254 e. The molecule has 0 fully saturated rings. The number of nitrogens with zero attached hydrogens (tertiary/aromatic N) is 2. The summed E-state index contributed by atoms with van der Waals surface area (Å²) in [6.45, 7) is 0.628. The van der Waals surface area contributed by atoms with Crippen molar-refractivity contribution in [2.75, 3.05) is 13.6 Å². The number of aromatic nitrogens is 1. The first-order valence-electron chi connectivity index (χ1n) is 8.26. The molecule has 134 valence electrons. The molecule has 0 saturated carbocycles. The van der Waals surface area contributed by atoms with Crippen molar-refractivity contribution < 1.29 is 9.32 Å². The lowest BCUT2D eigenvalue weighted by molar-refractivity contribution is 0.0792. The van der Waals surface area contributed by atoms with E-state index >= 15 is 0 Å². The fourth-order valence-electron chi connectivity index (χ4n) is 2.63. The zero-order chi connectivity index (χ0) is 18.5. The maximum atomic E-state index is 12.6. The molecular weight excluding hydrogens is 463 g/mol. The molecule has 0 radical (unpaired) electrons. The zero-order valence-electron chi connectivity index (χ0n) is 14.3. The Kier molecular flexibility index (Phi) is 6.32. The zero-order valence-corrected chi connectivity index (χ0v) is 17.2. The predicted octanol–water partition coefficient (Wildman–Crippen LogP) is 5.30. The van der Waals surface area contributed by atoms with Crippen LogP contribution in [0.25, 0.3) is 11.3 Å². The molecule has 0 aliphatic carbocycles. The van der Waals surface area contributed by atoms with E-state index in [1.165, 1.54) is 0 Å². The highest BCUT2D eigenvalue weighted by molar-refractivity contribution is 14.1. The first-order valence-corrected chi connectivity index (χ1v) is 9.72. The van der Waals surface area contributed by atoms with Gasteiger partial charge in [0.15, 0.2) is 0 Å². The number of amides is 1. The van der Waals surface area contributed by atoms with Crippen LogP contribution in [0.3, 0.4) is 0 Å². The maximum absolute atomic E-state index is 12.6. The van der Waals surface area contributed by atoms with E-state index in [1.807, 2.05) is 42.5 Å². The number of halogens is 2. The van der Waals surface area contributed by atoms with Crippen LogP contribution in [0.15, 0.2) is 59.1 Å². The van der Waals surface area contributed by atoms with Crippen molar-refractivity contribution in [3.63, 3.8) is 0 Å². The van der Waals surface area contributed by atoms with Crippen LogP contribution in [0.4, 0.5) is 0 Å². The Hall–Kier alpha value is -1.86. The summed E-state index contributed by atoms with van der Waals surface area (Å²) in [5.74, 6) is 0.793. The van der Waals surface area contributed by atoms with Gasteiger partial charge in [-0.3, -0.25) is 4.79 Å². The summed E-state index contributed by atoms with van der Waals surface area (Å²) in [6.07, 6.45) is 1.52. The molecule has 2 aromatic carbocycles. The largest absolute Gasteiger partial charge is 0.361 e. The van der Waals surface area contributed by atoms with Gasteiger partial charge in [-0.1, -0.05) is 47.1 Å². The Balaban J connectivity index is 1.55. The van der Waals surface area contributed by atoms with E-state index < -0.39 is 0 Å². The van der Waals surface area contributed by atoms with Crippen LogP contribution in [0.1, 0.15) is 22.5 Å². The van der Waals surface area contributed by atoms with Crippen LogP contribution in [-0.2, 0) is 6.42 Å². The van der Waals surface area contributed by atoms with Crippen molar-refractivity contribution >= 4 is 40.1 Å². The van der Waals surface area contributed by atoms with Crippen LogP contribution >= 0.6 is 34.2 Å². The third-order valence-corrected chi connectivity index (χ3v) is 5.23. The highest BCUT2D eigenvalue weighted by Gasteiger charge is 2.15.